The molecule has 1 saturated heterocycles. The highest BCUT2D eigenvalue weighted by molar-refractivity contribution is 5.80. The van der Waals surface area contributed by atoms with Crippen LogP contribution in [0, 0.1) is 5.92 Å². The number of benzene rings is 1. The van der Waals surface area contributed by atoms with Crippen molar-refractivity contribution in [2.75, 3.05) is 32.8 Å². The van der Waals surface area contributed by atoms with E-state index in [1.165, 1.54) is 12.8 Å². The maximum atomic E-state index is 5.99. The summed E-state index contributed by atoms with van der Waals surface area (Å²) < 4.78 is 11.7. The van der Waals surface area contributed by atoms with Gasteiger partial charge in [-0.3, -0.25) is 0 Å². The Hall–Kier alpha value is -1.91. The fourth-order valence-electron chi connectivity index (χ4n) is 2.99. The Balaban J connectivity index is 1.60. The molecule has 2 aliphatic rings. The Labute approximate surface area is 138 Å². The van der Waals surface area contributed by atoms with Gasteiger partial charge in [-0.05, 0) is 37.8 Å². The summed E-state index contributed by atoms with van der Waals surface area (Å²) in [6.07, 6.45) is 2.45. The molecule has 0 radical (unpaired) electrons. The summed E-state index contributed by atoms with van der Waals surface area (Å²) >= 11 is 0. The molecule has 0 amide bonds. The summed E-state index contributed by atoms with van der Waals surface area (Å²) in [6, 6.07) is 7.81. The molecule has 1 aromatic carbocycles. The Morgan fingerprint density at radius 1 is 1.26 bits per heavy atom. The zero-order valence-corrected chi connectivity index (χ0v) is 14.1. The second kappa shape index (κ2) is 7.57. The van der Waals surface area contributed by atoms with Gasteiger partial charge in [0, 0.05) is 19.6 Å². The van der Waals surface area contributed by atoms with Crippen LogP contribution in [0.3, 0.4) is 0 Å². The number of aliphatic imine (C=N–C) groups is 1. The summed E-state index contributed by atoms with van der Waals surface area (Å²) in [4.78, 5) is 7.15. The number of nitrogens with zero attached hydrogens (tertiary/aromatic N) is 2. The molecular weight excluding hydrogens is 290 g/mol. The molecular formula is C18H27N3O2. The first kappa shape index (κ1) is 16.0. The summed E-state index contributed by atoms with van der Waals surface area (Å²) in [6.45, 7) is 8.65. The number of piperidine rings is 1. The predicted molar refractivity (Wildman–Crippen MR) is 92.3 cm³/mol. The van der Waals surface area contributed by atoms with Crippen LogP contribution in [0.4, 0.5) is 0 Å². The Bertz CT molecular complexity index is 539. The molecule has 1 unspecified atom stereocenters. The zero-order chi connectivity index (χ0) is 16.1. The Morgan fingerprint density at radius 3 is 2.74 bits per heavy atom. The molecule has 1 aromatic rings. The molecule has 0 aliphatic carbocycles. The number of guanidine groups is 1. The maximum absolute atomic E-state index is 5.99. The maximum Gasteiger partial charge on any atom is 0.194 e. The van der Waals surface area contributed by atoms with E-state index in [-0.39, 0.29) is 6.10 Å². The number of hydrogen-bond donors (Lipinski definition) is 1. The quantitative estimate of drug-likeness (QED) is 0.687. The summed E-state index contributed by atoms with van der Waals surface area (Å²) in [5, 5.41) is 3.41. The van der Waals surface area contributed by atoms with Crippen LogP contribution in [0.25, 0.3) is 0 Å². The van der Waals surface area contributed by atoms with Crippen molar-refractivity contribution in [2.45, 2.75) is 32.8 Å². The van der Waals surface area contributed by atoms with E-state index >= 15 is 0 Å². The second-order valence-corrected chi connectivity index (χ2v) is 6.36. The van der Waals surface area contributed by atoms with E-state index in [1.807, 2.05) is 24.3 Å². The fourth-order valence-corrected chi connectivity index (χ4v) is 2.99. The minimum atomic E-state index is -0.0257. The number of para-hydroxylation sites is 2. The van der Waals surface area contributed by atoms with Gasteiger partial charge in [-0.1, -0.05) is 19.1 Å². The van der Waals surface area contributed by atoms with Crippen molar-refractivity contribution in [1.82, 2.24) is 10.2 Å². The molecule has 5 heteroatoms. The van der Waals surface area contributed by atoms with E-state index in [4.69, 9.17) is 14.5 Å². The van der Waals surface area contributed by atoms with E-state index in [0.29, 0.717) is 13.2 Å². The molecule has 1 N–H and O–H groups in total. The Morgan fingerprint density at radius 2 is 2.00 bits per heavy atom. The van der Waals surface area contributed by atoms with E-state index in [1.54, 1.807) is 0 Å². The van der Waals surface area contributed by atoms with Gasteiger partial charge in [-0.25, -0.2) is 4.99 Å². The molecule has 3 rings (SSSR count). The first-order valence-corrected chi connectivity index (χ1v) is 8.68. The largest absolute Gasteiger partial charge is 0.486 e. The average Bonchev–Trinajstić information content (AvgIpc) is 2.59. The molecule has 2 aliphatic heterocycles. The van der Waals surface area contributed by atoms with Gasteiger partial charge in [0.25, 0.3) is 0 Å². The van der Waals surface area contributed by atoms with Gasteiger partial charge < -0.3 is 19.7 Å². The van der Waals surface area contributed by atoms with Crippen LogP contribution in [0.2, 0.25) is 0 Å². The third kappa shape index (κ3) is 4.09. The van der Waals surface area contributed by atoms with Gasteiger partial charge in [0.05, 0.1) is 6.54 Å². The topological polar surface area (TPSA) is 46.1 Å². The van der Waals surface area contributed by atoms with E-state index in [9.17, 15) is 0 Å². The minimum absolute atomic E-state index is 0.0257. The number of hydrogen-bond acceptors (Lipinski definition) is 3. The van der Waals surface area contributed by atoms with Gasteiger partial charge >= 0.3 is 0 Å². The number of fused-ring (bicyclic) bond motifs is 1. The van der Waals surface area contributed by atoms with Crippen molar-refractivity contribution >= 4 is 5.96 Å². The highest BCUT2D eigenvalue weighted by Crippen LogP contribution is 2.30. The van der Waals surface area contributed by atoms with E-state index in [2.05, 4.69) is 24.1 Å². The van der Waals surface area contributed by atoms with Gasteiger partial charge in [0.2, 0.25) is 0 Å². The lowest BCUT2D eigenvalue weighted by Gasteiger charge is -2.33. The summed E-state index contributed by atoms with van der Waals surface area (Å²) in [5.41, 5.74) is 0. The molecule has 1 atom stereocenters. The van der Waals surface area contributed by atoms with E-state index < -0.39 is 0 Å². The summed E-state index contributed by atoms with van der Waals surface area (Å²) in [7, 11) is 0. The van der Waals surface area contributed by atoms with Gasteiger partial charge in [0.15, 0.2) is 23.6 Å². The Kier molecular flexibility index (Phi) is 5.26. The highest BCUT2D eigenvalue weighted by Gasteiger charge is 2.22. The van der Waals surface area contributed by atoms with Crippen LogP contribution in [-0.2, 0) is 0 Å². The van der Waals surface area contributed by atoms with Crippen molar-refractivity contribution in [3.63, 3.8) is 0 Å². The lowest BCUT2D eigenvalue weighted by molar-refractivity contribution is 0.0968. The van der Waals surface area contributed by atoms with Crippen molar-refractivity contribution in [1.29, 1.82) is 0 Å². The molecule has 5 nitrogen and oxygen atoms in total. The van der Waals surface area contributed by atoms with Crippen LogP contribution < -0.4 is 14.8 Å². The predicted octanol–water partition coefficient (Wildman–Crippen LogP) is 2.52. The van der Waals surface area contributed by atoms with Crippen LogP contribution in [0.1, 0.15) is 26.7 Å². The number of rotatable bonds is 3. The van der Waals surface area contributed by atoms with Crippen LogP contribution >= 0.6 is 0 Å². The molecule has 0 aromatic heterocycles. The second-order valence-electron chi connectivity index (χ2n) is 6.36. The van der Waals surface area contributed by atoms with E-state index in [0.717, 1.165) is 43.0 Å². The average molecular weight is 317 g/mol. The van der Waals surface area contributed by atoms with Crippen LogP contribution in [-0.4, -0.2) is 49.7 Å². The third-order valence-electron chi connectivity index (χ3n) is 4.43. The normalized spacial score (nSPS) is 22.1. The monoisotopic (exact) mass is 317 g/mol. The van der Waals surface area contributed by atoms with Gasteiger partial charge in [-0.15, -0.1) is 0 Å². The van der Waals surface area contributed by atoms with Crippen molar-refractivity contribution in [3.05, 3.63) is 24.3 Å². The molecule has 126 valence electrons. The minimum Gasteiger partial charge on any atom is -0.486 e. The molecule has 0 saturated carbocycles. The summed E-state index contributed by atoms with van der Waals surface area (Å²) in [5.74, 6) is 3.46. The highest BCUT2D eigenvalue weighted by atomic mass is 16.6. The van der Waals surface area contributed by atoms with Crippen molar-refractivity contribution in [2.24, 2.45) is 10.9 Å². The van der Waals surface area contributed by atoms with Gasteiger partial charge in [0.1, 0.15) is 6.61 Å². The van der Waals surface area contributed by atoms with Gasteiger partial charge in [-0.2, -0.15) is 0 Å². The van der Waals surface area contributed by atoms with Crippen molar-refractivity contribution < 1.29 is 9.47 Å². The molecule has 23 heavy (non-hydrogen) atoms. The number of likely N-dealkylation sites (tertiary alicyclic amines) is 1. The molecule has 2 heterocycles. The lowest BCUT2D eigenvalue weighted by atomic mass is 10.00. The molecule has 0 bridgehead atoms. The van der Waals surface area contributed by atoms with Crippen molar-refractivity contribution in [3.8, 4) is 11.5 Å². The number of ether oxygens (including phenoxy) is 2. The zero-order valence-electron chi connectivity index (χ0n) is 14.1. The first-order valence-electron chi connectivity index (χ1n) is 8.68. The molecule has 1 fully saturated rings. The lowest BCUT2D eigenvalue weighted by Crippen LogP contribution is -2.46. The van der Waals surface area contributed by atoms with Crippen LogP contribution in [0.5, 0.6) is 11.5 Å². The number of nitrogens with one attached hydrogen (secondary N) is 1. The smallest absolute Gasteiger partial charge is 0.194 e. The standard InChI is InChI=1S/C18H27N3O2/c1-3-19-18(21-10-8-14(2)9-11-21)20-12-15-13-22-16-6-4-5-7-17(16)23-15/h4-7,14-15H,3,8-13H2,1-2H3,(H,19,20). The third-order valence-corrected chi connectivity index (χ3v) is 4.43. The molecule has 0 spiro atoms. The van der Waals surface area contributed by atoms with Crippen LogP contribution in [0.15, 0.2) is 29.3 Å². The fraction of sp³-hybridized carbons (Fsp3) is 0.611. The SMILES string of the molecule is CCNC(=NCC1COc2ccccc2O1)N1CCC(C)CC1. The first-order chi connectivity index (χ1) is 11.3.